The highest BCUT2D eigenvalue weighted by Crippen LogP contribution is 2.28. The third-order valence-electron chi connectivity index (χ3n) is 3.24. The van der Waals surface area contributed by atoms with Crippen molar-refractivity contribution in [3.8, 4) is 6.07 Å². The van der Waals surface area contributed by atoms with Crippen LogP contribution in [0.4, 0.5) is 11.4 Å². The van der Waals surface area contributed by atoms with Crippen LogP contribution in [0, 0.1) is 18.3 Å². The van der Waals surface area contributed by atoms with Crippen LogP contribution in [0.5, 0.6) is 0 Å². The second kappa shape index (κ2) is 5.77. The number of hydrogen-bond acceptors (Lipinski definition) is 2. The quantitative estimate of drug-likeness (QED) is 0.774. The predicted octanol–water partition coefficient (Wildman–Crippen LogP) is 4.37. The molecule has 0 radical (unpaired) electrons. The zero-order valence-corrected chi connectivity index (χ0v) is 11.8. The number of halogens is 1. The average Bonchev–Trinajstić information content (AvgIpc) is 2.46. The molecule has 19 heavy (non-hydrogen) atoms. The Morgan fingerprint density at radius 1 is 1.21 bits per heavy atom. The summed E-state index contributed by atoms with van der Waals surface area (Å²) in [6, 6.07) is 16.0. The number of nitrogens with zero attached hydrogens (tertiary/aromatic N) is 2. The van der Waals surface area contributed by atoms with Gasteiger partial charge in [-0.2, -0.15) is 5.26 Å². The second-order valence-electron chi connectivity index (χ2n) is 4.43. The topological polar surface area (TPSA) is 27.0 Å². The molecule has 0 fully saturated rings. The summed E-state index contributed by atoms with van der Waals surface area (Å²) in [6.07, 6.45) is 0. The SMILES string of the molecule is Cc1cc(N(C)c2ccccc2C#N)ccc1CCl. The van der Waals surface area contributed by atoms with E-state index >= 15 is 0 Å². The molecule has 0 saturated heterocycles. The summed E-state index contributed by atoms with van der Waals surface area (Å²) in [6.45, 7) is 2.05. The molecule has 2 aromatic carbocycles. The smallest absolute Gasteiger partial charge is 0.101 e. The standard InChI is InChI=1S/C16H15ClN2/c1-12-9-15(8-7-13(12)10-17)19(2)16-6-4-3-5-14(16)11-18/h3-9H,10H2,1-2H3. The molecule has 2 rings (SSSR count). The van der Waals surface area contributed by atoms with Gasteiger partial charge in [-0.15, -0.1) is 11.6 Å². The molecule has 0 bridgehead atoms. The average molecular weight is 271 g/mol. The largest absolute Gasteiger partial charge is 0.344 e. The van der Waals surface area contributed by atoms with Crippen LogP contribution >= 0.6 is 11.6 Å². The van der Waals surface area contributed by atoms with Crippen LogP contribution < -0.4 is 4.90 Å². The molecule has 3 heteroatoms. The molecule has 0 N–H and O–H groups in total. The lowest BCUT2D eigenvalue weighted by atomic mass is 10.1. The van der Waals surface area contributed by atoms with E-state index in [1.807, 2.05) is 55.3 Å². The molecule has 2 nitrogen and oxygen atoms in total. The first-order valence-electron chi connectivity index (χ1n) is 6.05. The van der Waals surface area contributed by atoms with Crippen molar-refractivity contribution in [2.24, 2.45) is 0 Å². The lowest BCUT2D eigenvalue weighted by molar-refractivity contribution is 1.18. The van der Waals surface area contributed by atoms with E-state index in [0.717, 1.165) is 22.5 Å². The van der Waals surface area contributed by atoms with E-state index in [2.05, 4.69) is 12.1 Å². The van der Waals surface area contributed by atoms with Gasteiger partial charge in [0.15, 0.2) is 0 Å². The first kappa shape index (κ1) is 13.5. The number of anilines is 2. The van der Waals surface area contributed by atoms with E-state index in [0.29, 0.717) is 11.4 Å². The molecule has 96 valence electrons. The molecule has 0 aliphatic heterocycles. The van der Waals surface area contributed by atoms with E-state index < -0.39 is 0 Å². The third kappa shape index (κ3) is 2.72. The molecular formula is C16H15ClN2. The van der Waals surface area contributed by atoms with Crippen LogP contribution in [0.2, 0.25) is 0 Å². The van der Waals surface area contributed by atoms with Gasteiger partial charge in [-0.05, 0) is 42.3 Å². The minimum atomic E-state index is 0.518. The Bertz CT molecular complexity index is 629. The van der Waals surface area contributed by atoms with Gasteiger partial charge in [-0.25, -0.2) is 0 Å². The Hall–Kier alpha value is -1.98. The maximum atomic E-state index is 9.16. The van der Waals surface area contributed by atoms with Gasteiger partial charge in [0.1, 0.15) is 6.07 Å². The Labute approximate surface area is 118 Å². The monoisotopic (exact) mass is 270 g/mol. The Morgan fingerprint density at radius 3 is 2.58 bits per heavy atom. The molecule has 0 aliphatic carbocycles. The number of rotatable bonds is 3. The highest BCUT2D eigenvalue weighted by Gasteiger charge is 2.09. The number of benzene rings is 2. The lowest BCUT2D eigenvalue weighted by Gasteiger charge is -2.21. The first-order valence-corrected chi connectivity index (χ1v) is 6.59. The molecule has 2 aromatic rings. The highest BCUT2D eigenvalue weighted by atomic mass is 35.5. The summed E-state index contributed by atoms with van der Waals surface area (Å²) in [7, 11) is 1.96. The molecule has 0 aromatic heterocycles. The van der Waals surface area contributed by atoms with Crippen molar-refractivity contribution in [3.63, 3.8) is 0 Å². The van der Waals surface area contributed by atoms with Gasteiger partial charge in [0.05, 0.1) is 11.3 Å². The van der Waals surface area contributed by atoms with Gasteiger partial charge in [0, 0.05) is 18.6 Å². The van der Waals surface area contributed by atoms with Gasteiger partial charge < -0.3 is 4.90 Å². The van der Waals surface area contributed by atoms with E-state index in [1.54, 1.807) is 0 Å². The molecule has 0 amide bonds. The van der Waals surface area contributed by atoms with Crippen molar-refractivity contribution in [2.75, 3.05) is 11.9 Å². The van der Waals surface area contributed by atoms with E-state index in [-0.39, 0.29) is 0 Å². The molecule has 0 saturated carbocycles. The predicted molar refractivity (Wildman–Crippen MR) is 80.0 cm³/mol. The number of nitriles is 1. The number of hydrogen-bond donors (Lipinski definition) is 0. The minimum absolute atomic E-state index is 0.518. The number of alkyl halides is 1. The van der Waals surface area contributed by atoms with Crippen molar-refractivity contribution in [2.45, 2.75) is 12.8 Å². The Kier molecular flexibility index (Phi) is 4.09. The van der Waals surface area contributed by atoms with Crippen molar-refractivity contribution < 1.29 is 0 Å². The molecule has 0 unspecified atom stereocenters. The van der Waals surface area contributed by atoms with E-state index in [1.165, 1.54) is 0 Å². The van der Waals surface area contributed by atoms with Gasteiger partial charge in [-0.3, -0.25) is 0 Å². The summed E-state index contributed by atoms with van der Waals surface area (Å²) < 4.78 is 0. The van der Waals surface area contributed by atoms with Crippen molar-refractivity contribution in [1.29, 1.82) is 5.26 Å². The van der Waals surface area contributed by atoms with Gasteiger partial charge in [-0.1, -0.05) is 18.2 Å². The van der Waals surface area contributed by atoms with Crippen LogP contribution in [-0.2, 0) is 5.88 Å². The Morgan fingerprint density at radius 2 is 1.95 bits per heavy atom. The summed E-state index contributed by atoms with van der Waals surface area (Å²) in [5, 5.41) is 9.16. The van der Waals surface area contributed by atoms with E-state index in [9.17, 15) is 0 Å². The minimum Gasteiger partial charge on any atom is -0.344 e. The first-order chi connectivity index (χ1) is 9.17. The van der Waals surface area contributed by atoms with Crippen LogP contribution in [0.3, 0.4) is 0 Å². The van der Waals surface area contributed by atoms with Gasteiger partial charge >= 0.3 is 0 Å². The summed E-state index contributed by atoms with van der Waals surface area (Å²) in [5.41, 5.74) is 4.92. The van der Waals surface area contributed by atoms with Crippen LogP contribution in [0.1, 0.15) is 16.7 Å². The van der Waals surface area contributed by atoms with Crippen molar-refractivity contribution in [1.82, 2.24) is 0 Å². The lowest BCUT2D eigenvalue weighted by Crippen LogP contribution is -2.11. The van der Waals surface area contributed by atoms with Crippen molar-refractivity contribution in [3.05, 3.63) is 59.2 Å². The zero-order valence-electron chi connectivity index (χ0n) is 11.0. The zero-order chi connectivity index (χ0) is 13.8. The van der Waals surface area contributed by atoms with Crippen LogP contribution in [0.25, 0.3) is 0 Å². The van der Waals surface area contributed by atoms with Gasteiger partial charge in [0.2, 0.25) is 0 Å². The van der Waals surface area contributed by atoms with Crippen LogP contribution in [0.15, 0.2) is 42.5 Å². The molecular weight excluding hydrogens is 256 g/mol. The highest BCUT2D eigenvalue weighted by molar-refractivity contribution is 6.17. The summed E-state index contributed by atoms with van der Waals surface area (Å²) >= 11 is 5.87. The summed E-state index contributed by atoms with van der Waals surface area (Å²) in [5.74, 6) is 0.518. The normalized spacial score (nSPS) is 10.0. The van der Waals surface area contributed by atoms with Crippen molar-refractivity contribution >= 4 is 23.0 Å². The molecule has 0 aliphatic rings. The fourth-order valence-electron chi connectivity index (χ4n) is 2.04. The fourth-order valence-corrected chi connectivity index (χ4v) is 2.34. The molecule has 0 heterocycles. The van der Waals surface area contributed by atoms with Crippen LogP contribution in [-0.4, -0.2) is 7.05 Å². The fraction of sp³-hybridized carbons (Fsp3) is 0.188. The second-order valence-corrected chi connectivity index (χ2v) is 4.70. The maximum absolute atomic E-state index is 9.16. The van der Waals surface area contributed by atoms with Gasteiger partial charge in [0.25, 0.3) is 0 Å². The Balaban J connectivity index is 2.42. The number of aryl methyl sites for hydroxylation is 1. The molecule has 0 spiro atoms. The van der Waals surface area contributed by atoms with E-state index in [4.69, 9.17) is 16.9 Å². The maximum Gasteiger partial charge on any atom is 0.101 e. The summed E-state index contributed by atoms with van der Waals surface area (Å²) in [4.78, 5) is 2.02. The molecule has 0 atom stereocenters. The third-order valence-corrected chi connectivity index (χ3v) is 3.53. The number of para-hydroxylation sites is 1.